The molecule has 1 atom stereocenters. The van der Waals surface area contributed by atoms with E-state index in [2.05, 4.69) is 28.5 Å². The maximum absolute atomic E-state index is 5.69. The fourth-order valence-electron chi connectivity index (χ4n) is 2.08. The molecule has 5 nitrogen and oxygen atoms in total. The van der Waals surface area contributed by atoms with Gasteiger partial charge in [-0.3, -0.25) is 15.5 Å². The average Bonchev–Trinajstić information content (AvgIpc) is 2.79. The van der Waals surface area contributed by atoms with Crippen LogP contribution in [0.5, 0.6) is 0 Å². The molecule has 2 aromatic rings. The van der Waals surface area contributed by atoms with Crippen LogP contribution in [0.1, 0.15) is 36.2 Å². The Morgan fingerprint density at radius 2 is 2.28 bits per heavy atom. The summed E-state index contributed by atoms with van der Waals surface area (Å²) in [5.74, 6) is 5.69. The van der Waals surface area contributed by atoms with E-state index in [0.29, 0.717) is 0 Å². The minimum atomic E-state index is -0.0774. The highest BCUT2D eigenvalue weighted by Crippen LogP contribution is 2.21. The molecular formula is C13H19N5. The zero-order valence-corrected chi connectivity index (χ0v) is 10.8. The van der Waals surface area contributed by atoms with Crippen molar-refractivity contribution in [2.45, 2.75) is 32.9 Å². The molecule has 18 heavy (non-hydrogen) atoms. The van der Waals surface area contributed by atoms with E-state index >= 15 is 0 Å². The van der Waals surface area contributed by atoms with Gasteiger partial charge in [-0.15, -0.1) is 0 Å². The second-order valence-electron chi connectivity index (χ2n) is 4.37. The van der Waals surface area contributed by atoms with Gasteiger partial charge in [0.1, 0.15) is 0 Å². The molecule has 2 rings (SSSR count). The number of hydrogen-bond donors (Lipinski definition) is 2. The Kier molecular flexibility index (Phi) is 4.07. The lowest BCUT2D eigenvalue weighted by atomic mass is 10.1. The molecule has 1 unspecified atom stereocenters. The maximum atomic E-state index is 5.69. The molecule has 0 fully saturated rings. The van der Waals surface area contributed by atoms with Crippen molar-refractivity contribution in [2.24, 2.45) is 5.84 Å². The first kappa shape index (κ1) is 12.7. The van der Waals surface area contributed by atoms with Gasteiger partial charge < -0.3 is 0 Å². The van der Waals surface area contributed by atoms with Crippen molar-refractivity contribution in [3.8, 4) is 0 Å². The molecule has 0 radical (unpaired) electrons. The summed E-state index contributed by atoms with van der Waals surface area (Å²) < 4.78 is 1.98. The Morgan fingerprint density at radius 3 is 2.94 bits per heavy atom. The molecule has 0 saturated carbocycles. The van der Waals surface area contributed by atoms with Gasteiger partial charge in [-0.1, -0.05) is 13.0 Å². The van der Waals surface area contributed by atoms with Gasteiger partial charge in [-0.2, -0.15) is 5.10 Å². The van der Waals surface area contributed by atoms with E-state index in [0.717, 1.165) is 29.8 Å². The topological polar surface area (TPSA) is 68.8 Å². The minimum Gasteiger partial charge on any atom is -0.271 e. The number of nitrogens with zero attached hydrogens (tertiary/aromatic N) is 3. The molecule has 0 aliphatic rings. The number of hydrazine groups is 1. The highest BCUT2D eigenvalue weighted by Gasteiger charge is 2.17. The van der Waals surface area contributed by atoms with Crippen LogP contribution in [-0.2, 0) is 6.54 Å². The second-order valence-corrected chi connectivity index (χ2v) is 4.37. The molecule has 0 aromatic carbocycles. The lowest BCUT2D eigenvalue weighted by Crippen LogP contribution is -2.31. The summed E-state index contributed by atoms with van der Waals surface area (Å²) >= 11 is 0. The smallest absolute Gasteiger partial charge is 0.0893 e. The van der Waals surface area contributed by atoms with Crippen molar-refractivity contribution in [3.63, 3.8) is 0 Å². The third-order valence-electron chi connectivity index (χ3n) is 2.88. The number of nitrogens with two attached hydrogens (primary N) is 1. The molecule has 2 heterocycles. The van der Waals surface area contributed by atoms with Gasteiger partial charge in [0, 0.05) is 25.1 Å². The number of nitrogens with one attached hydrogen (secondary N) is 1. The first-order valence-electron chi connectivity index (χ1n) is 6.15. The van der Waals surface area contributed by atoms with Crippen LogP contribution in [0.25, 0.3) is 0 Å². The third-order valence-corrected chi connectivity index (χ3v) is 2.88. The number of pyridine rings is 1. The molecule has 0 amide bonds. The molecule has 0 saturated heterocycles. The lowest BCUT2D eigenvalue weighted by Gasteiger charge is -2.18. The zero-order chi connectivity index (χ0) is 13.0. The van der Waals surface area contributed by atoms with Crippen LogP contribution in [0.4, 0.5) is 0 Å². The van der Waals surface area contributed by atoms with Gasteiger partial charge in [0.2, 0.25) is 0 Å². The molecule has 0 aliphatic carbocycles. The largest absolute Gasteiger partial charge is 0.271 e. The third kappa shape index (κ3) is 2.57. The number of aryl methyl sites for hydroxylation is 2. The van der Waals surface area contributed by atoms with Gasteiger partial charge in [0.15, 0.2) is 0 Å². The molecule has 3 N–H and O–H groups in total. The van der Waals surface area contributed by atoms with E-state index in [4.69, 9.17) is 5.84 Å². The minimum absolute atomic E-state index is 0.0774. The predicted molar refractivity (Wildman–Crippen MR) is 70.7 cm³/mol. The van der Waals surface area contributed by atoms with Crippen molar-refractivity contribution >= 4 is 0 Å². The SMILES string of the molecule is CCCn1nccc1C(NN)c1cncc(C)c1. The Labute approximate surface area is 107 Å². The normalized spacial score (nSPS) is 12.6. The van der Waals surface area contributed by atoms with Gasteiger partial charge in [0.05, 0.1) is 11.7 Å². The van der Waals surface area contributed by atoms with E-state index < -0.39 is 0 Å². The molecule has 96 valence electrons. The number of rotatable bonds is 5. The molecule has 5 heteroatoms. The Bertz CT molecular complexity index is 506. The van der Waals surface area contributed by atoms with Crippen molar-refractivity contribution in [2.75, 3.05) is 0 Å². The first-order chi connectivity index (χ1) is 8.76. The summed E-state index contributed by atoms with van der Waals surface area (Å²) in [7, 11) is 0. The van der Waals surface area contributed by atoms with Gasteiger partial charge in [0.25, 0.3) is 0 Å². The van der Waals surface area contributed by atoms with Crippen LogP contribution >= 0.6 is 0 Å². The fourth-order valence-corrected chi connectivity index (χ4v) is 2.08. The molecular weight excluding hydrogens is 226 g/mol. The maximum Gasteiger partial charge on any atom is 0.0893 e. The zero-order valence-electron chi connectivity index (χ0n) is 10.8. The van der Waals surface area contributed by atoms with Crippen LogP contribution in [0.15, 0.2) is 30.7 Å². The van der Waals surface area contributed by atoms with Crippen molar-refractivity contribution < 1.29 is 0 Å². The first-order valence-corrected chi connectivity index (χ1v) is 6.15. The van der Waals surface area contributed by atoms with E-state index in [9.17, 15) is 0 Å². The summed E-state index contributed by atoms with van der Waals surface area (Å²) in [4.78, 5) is 4.21. The molecule has 0 bridgehead atoms. The quantitative estimate of drug-likeness (QED) is 0.619. The van der Waals surface area contributed by atoms with Gasteiger partial charge in [-0.25, -0.2) is 5.43 Å². The number of hydrogen-bond acceptors (Lipinski definition) is 4. The van der Waals surface area contributed by atoms with Crippen molar-refractivity contribution in [1.82, 2.24) is 20.2 Å². The summed E-state index contributed by atoms with van der Waals surface area (Å²) in [6.45, 7) is 5.04. The van der Waals surface area contributed by atoms with Crippen molar-refractivity contribution in [3.05, 3.63) is 47.5 Å². The molecule has 2 aromatic heterocycles. The Hall–Kier alpha value is -1.72. The predicted octanol–water partition coefficient (Wildman–Crippen LogP) is 1.55. The highest BCUT2D eigenvalue weighted by molar-refractivity contribution is 5.27. The van der Waals surface area contributed by atoms with Crippen LogP contribution in [-0.4, -0.2) is 14.8 Å². The molecule has 0 spiro atoms. The van der Waals surface area contributed by atoms with Crippen LogP contribution in [0.2, 0.25) is 0 Å². The summed E-state index contributed by atoms with van der Waals surface area (Å²) in [5, 5.41) is 4.32. The van der Waals surface area contributed by atoms with E-state index in [1.54, 1.807) is 6.20 Å². The van der Waals surface area contributed by atoms with Crippen LogP contribution < -0.4 is 11.3 Å². The summed E-state index contributed by atoms with van der Waals surface area (Å²) in [6.07, 6.45) is 6.51. The van der Waals surface area contributed by atoms with Crippen molar-refractivity contribution in [1.29, 1.82) is 0 Å². The summed E-state index contributed by atoms with van der Waals surface area (Å²) in [6, 6.07) is 4.00. The highest BCUT2D eigenvalue weighted by atomic mass is 15.3. The molecule has 0 aliphatic heterocycles. The second kappa shape index (κ2) is 5.75. The monoisotopic (exact) mass is 245 g/mol. The lowest BCUT2D eigenvalue weighted by molar-refractivity contribution is 0.520. The average molecular weight is 245 g/mol. The Morgan fingerprint density at radius 1 is 1.44 bits per heavy atom. The van der Waals surface area contributed by atoms with Crippen LogP contribution in [0, 0.1) is 6.92 Å². The standard InChI is InChI=1S/C13H19N5/c1-3-6-18-12(4-5-16-18)13(17-14)11-7-10(2)8-15-9-11/h4-5,7-9,13,17H,3,6,14H2,1-2H3. The Balaban J connectivity index is 2.36. The van der Waals surface area contributed by atoms with Gasteiger partial charge in [-0.05, 0) is 30.5 Å². The van der Waals surface area contributed by atoms with E-state index in [1.165, 1.54) is 0 Å². The van der Waals surface area contributed by atoms with Crippen LogP contribution in [0.3, 0.4) is 0 Å². The van der Waals surface area contributed by atoms with Gasteiger partial charge >= 0.3 is 0 Å². The fraction of sp³-hybridized carbons (Fsp3) is 0.385. The van der Waals surface area contributed by atoms with E-state index in [1.807, 2.05) is 30.1 Å². The van der Waals surface area contributed by atoms with E-state index in [-0.39, 0.29) is 6.04 Å². The summed E-state index contributed by atoms with van der Waals surface area (Å²) in [5.41, 5.74) is 6.08. The number of aromatic nitrogens is 3.